The third-order valence-electron chi connectivity index (χ3n) is 2.57. The third-order valence-corrected chi connectivity index (χ3v) is 3.69. The topological polar surface area (TPSA) is 0 Å². The van der Waals surface area contributed by atoms with E-state index in [2.05, 4.69) is 0 Å². The lowest BCUT2D eigenvalue weighted by molar-refractivity contribution is 0.151. The summed E-state index contributed by atoms with van der Waals surface area (Å²) in [5, 5.41) is 0.118. The van der Waals surface area contributed by atoms with Gasteiger partial charge in [-0.3, -0.25) is 0 Å². The summed E-state index contributed by atoms with van der Waals surface area (Å²) >= 11 is 17.7. The Labute approximate surface area is 122 Å². The molecule has 0 saturated carbocycles. The zero-order valence-electron chi connectivity index (χ0n) is 9.23. The third kappa shape index (κ3) is 2.69. The van der Waals surface area contributed by atoms with Gasteiger partial charge >= 0.3 is 0 Å². The molecule has 2 aromatic rings. The zero-order chi connectivity index (χ0) is 14.2. The van der Waals surface area contributed by atoms with Gasteiger partial charge in [-0.2, -0.15) is 0 Å². The second-order valence-electron chi connectivity index (χ2n) is 3.72. The van der Waals surface area contributed by atoms with E-state index in [1.165, 1.54) is 18.2 Å². The van der Waals surface area contributed by atoms with Crippen molar-refractivity contribution in [3.8, 4) is 11.1 Å². The van der Waals surface area contributed by atoms with E-state index in [0.717, 1.165) is 12.1 Å². The molecule has 0 amide bonds. The highest BCUT2D eigenvalue weighted by Gasteiger charge is 2.22. The fourth-order valence-corrected chi connectivity index (χ4v) is 2.46. The van der Waals surface area contributed by atoms with Crippen LogP contribution in [0.25, 0.3) is 11.1 Å². The van der Waals surface area contributed by atoms with Gasteiger partial charge in [-0.1, -0.05) is 46.9 Å². The van der Waals surface area contributed by atoms with Crippen molar-refractivity contribution < 1.29 is 13.2 Å². The minimum Gasteiger partial charge on any atom is -0.206 e. The molecule has 0 aliphatic carbocycles. The molecule has 0 spiro atoms. The van der Waals surface area contributed by atoms with Gasteiger partial charge in [0.2, 0.25) is 0 Å². The van der Waals surface area contributed by atoms with Crippen LogP contribution in [0.5, 0.6) is 0 Å². The molecule has 0 unspecified atom stereocenters. The molecule has 0 fully saturated rings. The molecule has 0 N–H and O–H groups in total. The average molecular weight is 326 g/mol. The number of benzene rings is 2. The van der Waals surface area contributed by atoms with Crippen molar-refractivity contribution in [1.29, 1.82) is 0 Å². The summed E-state index contributed by atoms with van der Waals surface area (Å²) < 4.78 is 39.8. The smallest absolute Gasteiger partial charge is 0.206 e. The van der Waals surface area contributed by atoms with Crippen LogP contribution < -0.4 is 0 Å². The average Bonchev–Trinajstić information content (AvgIpc) is 2.36. The molecule has 0 aromatic heterocycles. The maximum Gasteiger partial charge on any atom is 0.264 e. The van der Waals surface area contributed by atoms with Gasteiger partial charge in [0.15, 0.2) is 0 Å². The van der Waals surface area contributed by atoms with Crippen molar-refractivity contribution >= 4 is 34.8 Å². The van der Waals surface area contributed by atoms with Crippen molar-refractivity contribution in [1.82, 2.24) is 0 Å². The Morgan fingerprint density at radius 2 is 1.47 bits per heavy atom. The molecule has 0 heterocycles. The van der Waals surface area contributed by atoms with Crippen LogP contribution in [0.15, 0.2) is 30.3 Å². The minimum absolute atomic E-state index is 0.0239. The Kier molecular flexibility index (Phi) is 4.29. The van der Waals surface area contributed by atoms with Crippen LogP contribution in [0, 0.1) is 5.82 Å². The Morgan fingerprint density at radius 3 is 2.11 bits per heavy atom. The van der Waals surface area contributed by atoms with E-state index in [4.69, 9.17) is 34.8 Å². The van der Waals surface area contributed by atoms with Crippen molar-refractivity contribution in [2.45, 2.75) is 6.43 Å². The van der Waals surface area contributed by atoms with Crippen molar-refractivity contribution in [3.05, 3.63) is 56.8 Å². The van der Waals surface area contributed by atoms with E-state index in [1.807, 2.05) is 0 Å². The normalized spacial score (nSPS) is 11.1. The number of alkyl halides is 2. The van der Waals surface area contributed by atoms with Crippen molar-refractivity contribution in [2.75, 3.05) is 0 Å². The molecular formula is C13H6Cl3F3. The summed E-state index contributed by atoms with van der Waals surface area (Å²) in [6.07, 6.45) is -2.85. The standard InChI is InChI=1S/C13H6Cl3F3/c14-7-4-5-8(15)12(16)11(7)10-6(13(18)19)2-1-3-9(10)17/h1-5,13H. The molecule has 0 atom stereocenters. The zero-order valence-corrected chi connectivity index (χ0v) is 11.5. The molecular weight excluding hydrogens is 319 g/mol. The molecule has 6 heteroatoms. The van der Waals surface area contributed by atoms with Crippen LogP contribution in [0.3, 0.4) is 0 Å². The molecule has 0 saturated heterocycles. The van der Waals surface area contributed by atoms with E-state index >= 15 is 0 Å². The first kappa shape index (κ1) is 14.5. The summed E-state index contributed by atoms with van der Waals surface area (Å²) in [6, 6.07) is 6.18. The van der Waals surface area contributed by atoms with Gasteiger partial charge in [0.25, 0.3) is 6.43 Å². The molecule has 0 radical (unpaired) electrons. The maximum atomic E-state index is 13.9. The van der Waals surface area contributed by atoms with E-state index < -0.39 is 17.8 Å². The van der Waals surface area contributed by atoms with Gasteiger partial charge in [-0.25, -0.2) is 13.2 Å². The van der Waals surface area contributed by atoms with Gasteiger partial charge in [-0.05, 0) is 18.2 Å². The second kappa shape index (κ2) is 5.61. The molecule has 0 aliphatic heterocycles. The van der Waals surface area contributed by atoms with E-state index in [-0.39, 0.29) is 26.2 Å². The molecule has 19 heavy (non-hydrogen) atoms. The number of hydrogen-bond acceptors (Lipinski definition) is 0. The number of rotatable bonds is 2. The van der Waals surface area contributed by atoms with Crippen molar-refractivity contribution in [3.63, 3.8) is 0 Å². The largest absolute Gasteiger partial charge is 0.264 e. The number of halogens is 6. The minimum atomic E-state index is -2.85. The highest BCUT2D eigenvalue weighted by molar-refractivity contribution is 6.46. The lowest BCUT2D eigenvalue weighted by Gasteiger charge is -2.14. The van der Waals surface area contributed by atoms with Crippen LogP contribution in [0.4, 0.5) is 13.2 Å². The van der Waals surface area contributed by atoms with Gasteiger partial charge in [0.05, 0.1) is 15.1 Å². The maximum absolute atomic E-state index is 13.9. The van der Waals surface area contributed by atoms with Crippen LogP contribution in [-0.4, -0.2) is 0 Å². The summed E-state index contributed by atoms with van der Waals surface area (Å²) in [6.45, 7) is 0. The van der Waals surface area contributed by atoms with Crippen LogP contribution in [-0.2, 0) is 0 Å². The highest BCUT2D eigenvalue weighted by atomic mass is 35.5. The highest BCUT2D eigenvalue weighted by Crippen LogP contribution is 2.43. The number of hydrogen-bond donors (Lipinski definition) is 0. The Hall–Kier alpha value is -0.900. The summed E-state index contributed by atoms with van der Waals surface area (Å²) in [5.74, 6) is -0.830. The molecule has 0 bridgehead atoms. The Morgan fingerprint density at radius 1 is 0.842 bits per heavy atom. The van der Waals surface area contributed by atoms with Crippen LogP contribution in [0.1, 0.15) is 12.0 Å². The van der Waals surface area contributed by atoms with Gasteiger partial charge in [0.1, 0.15) is 5.82 Å². The van der Waals surface area contributed by atoms with E-state index in [9.17, 15) is 13.2 Å². The van der Waals surface area contributed by atoms with E-state index in [0.29, 0.717) is 0 Å². The lowest BCUT2D eigenvalue weighted by Crippen LogP contribution is -1.96. The Balaban J connectivity index is 2.83. The molecule has 100 valence electrons. The van der Waals surface area contributed by atoms with Gasteiger partial charge in [-0.15, -0.1) is 0 Å². The summed E-state index contributed by atoms with van der Waals surface area (Å²) in [7, 11) is 0. The quantitative estimate of drug-likeness (QED) is 0.561. The first-order valence-corrected chi connectivity index (χ1v) is 6.27. The molecule has 0 nitrogen and oxygen atoms in total. The molecule has 2 aromatic carbocycles. The predicted octanol–water partition coefficient (Wildman–Crippen LogP) is 6.39. The molecule has 2 rings (SSSR count). The monoisotopic (exact) mass is 324 g/mol. The predicted molar refractivity (Wildman–Crippen MR) is 71.8 cm³/mol. The summed E-state index contributed by atoms with van der Waals surface area (Å²) in [5.41, 5.74) is -0.828. The fourth-order valence-electron chi connectivity index (χ4n) is 1.74. The van der Waals surface area contributed by atoms with E-state index in [1.54, 1.807) is 0 Å². The molecule has 0 aliphatic rings. The van der Waals surface area contributed by atoms with Gasteiger partial charge in [0, 0.05) is 16.7 Å². The van der Waals surface area contributed by atoms with Crippen LogP contribution >= 0.6 is 34.8 Å². The lowest BCUT2D eigenvalue weighted by atomic mass is 9.99. The second-order valence-corrected chi connectivity index (χ2v) is 4.92. The first-order valence-electron chi connectivity index (χ1n) is 5.14. The summed E-state index contributed by atoms with van der Waals surface area (Å²) in [4.78, 5) is 0. The first-order chi connectivity index (χ1) is 8.93. The SMILES string of the molecule is Fc1cccc(C(F)F)c1-c1c(Cl)ccc(Cl)c1Cl. The van der Waals surface area contributed by atoms with Crippen molar-refractivity contribution in [2.24, 2.45) is 0 Å². The fraction of sp³-hybridized carbons (Fsp3) is 0.0769. The van der Waals surface area contributed by atoms with Gasteiger partial charge < -0.3 is 0 Å². The Bertz CT molecular complexity index is 627. The van der Waals surface area contributed by atoms with Crippen LogP contribution in [0.2, 0.25) is 15.1 Å².